The molecule has 2 saturated carbocycles. The van der Waals surface area contributed by atoms with Gasteiger partial charge in [-0.25, -0.2) is 0 Å². The van der Waals surface area contributed by atoms with Gasteiger partial charge in [0, 0.05) is 25.2 Å². The van der Waals surface area contributed by atoms with Gasteiger partial charge in [-0.2, -0.15) is 0 Å². The maximum absolute atomic E-state index is 11.2. The van der Waals surface area contributed by atoms with E-state index in [1.807, 2.05) is 48.6 Å². The van der Waals surface area contributed by atoms with E-state index in [9.17, 15) is 24.9 Å². The Bertz CT molecular complexity index is 1420. The molecule has 7 heteroatoms. The number of aryl methyl sites for hydroxylation is 2. The first-order valence-electron chi connectivity index (χ1n) is 21.9. The highest BCUT2D eigenvalue weighted by Crippen LogP contribution is 2.44. The summed E-state index contributed by atoms with van der Waals surface area (Å²) in [4.78, 5) is 22.3. The summed E-state index contributed by atoms with van der Waals surface area (Å²) in [5, 5.41) is 30.9. The van der Waals surface area contributed by atoms with Crippen LogP contribution in [0.2, 0.25) is 0 Å². The number of hydrogen-bond acceptors (Lipinski definition) is 7. The van der Waals surface area contributed by atoms with E-state index in [-0.39, 0.29) is 23.8 Å². The van der Waals surface area contributed by atoms with Gasteiger partial charge in [-0.3, -0.25) is 9.59 Å². The molecule has 2 aliphatic carbocycles. The molecule has 7 nitrogen and oxygen atoms in total. The van der Waals surface area contributed by atoms with Gasteiger partial charge in [-0.15, -0.1) is 0 Å². The lowest BCUT2D eigenvalue weighted by Gasteiger charge is -2.21. The summed E-state index contributed by atoms with van der Waals surface area (Å²) in [6.07, 6.45) is 27.0. The Kier molecular flexibility index (Phi) is 23.3. The molecule has 0 bridgehead atoms. The molecular formula is C51H74O7. The highest BCUT2D eigenvalue weighted by molar-refractivity contribution is 5.69. The number of allylic oxidation sites excluding steroid dienone is 6. The van der Waals surface area contributed by atoms with Crippen molar-refractivity contribution < 1.29 is 34.4 Å². The number of benzene rings is 2. The molecule has 2 aromatic carbocycles. The van der Waals surface area contributed by atoms with Crippen molar-refractivity contribution in [3.05, 3.63) is 120 Å². The summed E-state index contributed by atoms with van der Waals surface area (Å²) in [7, 11) is 2.84. The van der Waals surface area contributed by atoms with Gasteiger partial charge < -0.3 is 24.8 Å². The zero-order chi connectivity index (χ0) is 42.1. The van der Waals surface area contributed by atoms with Crippen LogP contribution in [0.1, 0.15) is 109 Å². The summed E-state index contributed by atoms with van der Waals surface area (Å²) in [5.74, 6) is 3.03. The number of esters is 2. The van der Waals surface area contributed by atoms with Gasteiger partial charge >= 0.3 is 11.9 Å². The first kappa shape index (κ1) is 48.6. The molecule has 0 radical (unpaired) electrons. The van der Waals surface area contributed by atoms with Crippen molar-refractivity contribution in [2.75, 3.05) is 14.2 Å². The smallest absolute Gasteiger partial charge is 0.305 e. The fraction of sp³-hybridized carbons (Fsp3) is 0.569. The number of aliphatic hydroxyl groups excluding tert-OH is 3. The van der Waals surface area contributed by atoms with Gasteiger partial charge in [-0.05, 0) is 117 Å². The topological polar surface area (TPSA) is 113 Å². The van der Waals surface area contributed by atoms with Crippen molar-refractivity contribution in [3.8, 4) is 0 Å². The van der Waals surface area contributed by atoms with Crippen LogP contribution >= 0.6 is 0 Å². The standard InChI is InChI=1S/C27H40O2.C24H34O5/c1-21(16-18-24-12-8-7-9-13-24)17-19-26-23(3)20-22(2)25(26)14-10-5-6-11-15-27(28)29-4;1-29-24(28)12-8-3-2-7-11-20-21(23(27)17-22(20)26)16-15-19(25)14-13-18-9-5-4-6-10-18/h5,7-10,12-13,17,19,21-23,25-26H,6,11,14-16,18,20H2,1-4H3;2,4-7,9-10,15-16,19-23,25-27H,3,8,11-14,17H2,1H3/b10-5+,19-17+;7-2+,16-15+/t21-,22-,23+,25-,26-;19-,20+,21+,22-,23+/m00/s1. The summed E-state index contributed by atoms with van der Waals surface area (Å²) in [6.45, 7) is 7.18. The zero-order valence-electron chi connectivity index (χ0n) is 36.0. The largest absolute Gasteiger partial charge is 0.469 e. The molecule has 3 N–H and O–H groups in total. The van der Waals surface area contributed by atoms with Gasteiger partial charge in [0.15, 0.2) is 0 Å². The molecule has 0 heterocycles. The van der Waals surface area contributed by atoms with E-state index in [2.05, 4.69) is 80.1 Å². The minimum atomic E-state index is -0.597. The second-order valence-corrected chi connectivity index (χ2v) is 16.8. The van der Waals surface area contributed by atoms with Crippen LogP contribution in [-0.4, -0.2) is 59.8 Å². The van der Waals surface area contributed by atoms with Gasteiger partial charge in [0.2, 0.25) is 0 Å². The number of carbonyl (C=O) groups excluding carboxylic acids is 2. The van der Waals surface area contributed by atoms with Crippen molar-refractivity contribution >= 4 is 11.9 Å². The average Bonchev–Trinajstić information content (AvgIpc) is 3.66. The van der Waals surface area contributed by atoms with Gasteiger partial charge in [0.25, 0.3) is 0 Å². The van der Waals surface area contributed by atoms with Crippen LogP contribution < -0.4 is 0 Å². The third-order valence-electron chi connectivity index (χ3n) is 12.2. The minimum absolute atomic E-state index is 0.0700. The molecule has 2 aromatic rings. The summed E-state index contributed by atoms with van der Waals surface area (Å²) >= 11 is 0. The lowest BCUT2D eigenvalue weighted by atomic mass is 9.84. The van der Waals surface area contributed by atoms with Crippen molar-refractivity contribution in [2.24, 2.45) is 41.4 Å². The molecular weight excluding hydrogens is 725 g/mol. The predicted molar refractivity (Wildman–Crippen MR) is 236 cm³/mol. The lowest BCUT2D eigenvalue weighted by Crippen LogP contribution is -2.20. The number of methoxy groups -OCH3 is 2. The molecule has 0 amide bonds. The van der Waals surface area contributed by atoms with Crippen molar-refractivity contribution in [2.45, 2.75) is 129 Å². The van der Waals surface area contributed by atoms with E-state index in [4.69, 9.17) is 4.74 Å². The predicted octanol–water partition coefficient (Wildman–Crippen LogP) is 10.2. The normalized spacial score (nSPS) is 25.7. The van der Waals surface area contributed by atoms with E-state index in [0.717, 1.165) is 62.7 Å². The highest BCUT2D eigenvalue weighted by atomic mass is 16.5. The summed E-state index contributed by atoms with van der Waals surface area (Å²) < 4.78 is 9.31. The second-order valence-electron chi connectivity index (χ2n) is 16.8. The number of aliphatic hydroxyl groups is 3. The summed E-state index contributed by atoms with van der Waals surface area (Å²) in [5.41, 5.74) is 2.62. The summed E-state index contributed by atoms with van der Waals surface area (Å²) in [6, 6.07) is 20.8. The Balaban J connectivity index is 0.000000310. The maximum Gasteiger partial charge on any atom is 0.305 e. The Morgan fingerprint density at radius 3 is 1.74 bits per heavy atom. The number of hydrogen-bond donors (Lipinski definition) is 3. The van der Waals surface area contributed by atoms with Crippen molar-refractivity contribution in [3.63, 3.8) is 0 Å². The van der Waals surface area contributed by atoms with Crippen LogP contribution in [0.15, 0.2) is 109 Å². The molecule has 0 aromatic heterocycles. The molecule has 10 atom stereocenters. The fourth-order valence-electron chi connectivity index (χ4n) is 8.59. The zero-order valence-corrected chi connectivity index (χ0v) is 36.0. The van der Waals surface area contributed by atoms with Crippen LogP contribution in [0.5, 0.6) is 0 Å². The van der Waals surface area contributed by atoms with Crippen LogP contribution in [0.3, 0.4) is 0 Å². The number of unbranched alkanes of at least 4 members (excludes halogenated alkanes) is 2. The van der Waals surface area contributed by atoms with Gasteiger partial charge in [0.05, 0.1) is 32.5 Å². The van der Waals surface area contributed by atoms with E-state index < -0.39 is 18.3 Å². The molecule has 0 unspecified atom stereocenters. The first-order chi connectivity index (χ1) is 28.0. The number of carbonyl (C=O) groups is 2. The molecule has 0 spiro atoms. The van der Waals surface area contributed by atoms with E-state index in [0.29, 0.717) is 43.9 Å². The Labute approximate surface area is 350 Å². The Morgan fingerprint density at radius 2 is 1.19 bits per heavy atom. The van der Waals surface area contributed by atoms with Crippen LogP contribution in [0.25, 0.3) is 0 Å². The first-order valence-corrected chi connectivity index (χ1v) is 21.9. The van der Waals surface area contributed by atoms with Crippen molar-refractivity contribution in [1.29, 1.82) is 0 Å². The Hall–Kier alpha value is -3.78. The fourth-order valence-corrected chi connectivity index (χ4v) is 8.59. The average molecular weight is 799 g/mol. The second kappa shape index (κ2) is 27.8. The Morgan fingerprint density at radius 1 is 0.672 bits per heavy atom. The quantitative estimate of drug-likeness (QED) is 0.0618. The lowest BCUT2D eigenvalue weighted by molar-refractivity contribution is -0.141. The van der Waals surface area contributed by atoms with Crippen molar-refractivity contribution in [1.82, 2.24) is 0 Å². The SMILES string of the molecule is COC(=O)CCC/C=C/C[C@@H]1[C@@H](/C=C/[C@@H](C)CCc2ccccc2)[C@H](C)C[C@@H]1C.COC(=O)CCC/C=C/C[C@@H]1[C@@H](/C=C/[C@@H](O)CCc2ccccc2)[C@H](O)C[C@@H]1O. The van der Waals surface area contributed by atoms with E-state index in [1.54, 1.807) is 6.08 Å². The molecule has 4 rings (SSSR count). The monoisotopic (exact) mass is 799 g/mol. The van der Waals surface area contributed by atoms with Gasteiger partial charge in [-0.1, -0.05) is 130 Å². The van der Waals surface area contributed by atoms with Crippen LogP contribution in [0, 0.1) is 41.4 Å². The third-order valence-corrected chi connectivity index (χ3v) is 12.2. The van der Waals surface area contributed by atoms with Gasteiger partial charge in [0.1, 0.15) is 0 Å². The highest BCUT2D eigenvalue weighted by Gasteiger charge is 2.39. The molecule has 0 saturated heterocycles. The number of rotatable bonds is 22. The van der Waals surface area contributed by atoms with Crippen LogP contribution in [-0.2, 0) is 31.9 Å². The van der Waals surface area contributed by atoms with Crippen LogP contribution in [0.4, 0.5) is 0 Å². The minimum Gasteiger partial charge on any atom is -0.469 e. The van der Waals surface area contributed by atoms with E-state index >= 15 is 0 Å². The molecule has 2 fully saturated rings. The molecule has 320 valence electrons. The van der Waals surface area contributed by atoms with E-state index in [1.165, 1.54) is 38.2 Å². The molecule has 2 aliphatic rings. The third kappa shape index (κ3) is 18.4. The molecule has 58 heavy (non-hydrogen) atoms. The molecule has 0 aliphatic heterocycles. The maximum atomic E-state index is 11.2. The number of ether oxygens (including phenoxy) is 2.